The Morgan fingerprint density at radius 3 is 2.91 bits per heavy atom. The van der Waals surface area contributed by atoms with Crippen LogP contribution in [0.5, 0.6) is 0 Å². The number of amides is 2. The number of nitrogens with one attached hydrogen (secondary N) is 1. The molecule has 0 saturated carbocycles. The van der Waals surface area contributed by atoms with Gasteiger partial charge in [0.15, 0.2) is 0 Å². The highest BCUT2D eigenvalue weighted by Crippen LogP contribution is 2.20. The molecule has 0 bridgehead atoms. The average molecular weight is 444 g/mol. The number of carbonyl (C=O) groups is 1. The first-order valence-corrected chi connectivity index (χ1v) is 11.0. The van der Waals surface area contributed by atoms with Gasteiger partial charge in [-0.3, -0.25) is 9.69 Å². The summed E-state index contributed by atoms with van der Waals surface area (Å²) in [6, 6.07) is 7.64. The van der Waals surface area contributed by atoms with Crippen molar-refractivity contribution in [1.82, 2.24) is 24.9 Å². The zero-order valence-corrected chi connectivity index (χ0v) is 18.5. The number of β-amino-alcohol motifs (C(OH)–C–C–N with tert-alkyl or cyclic N) is 1. The van der Waals surface area contributed by atoms with Crippen LogP contribution in [-0.4, -0.2) is 69.5 Å². The number of piperidine rings is 1. The number of urea groups is 1. The Morgan fingerprint density at radius 2 is 2.09 bits per heavy atom. The lowest BCUT2D eigenvalue weighted by Crippen LogP contribution is -2.50. The minimum Gasteiger partial charge on any atom is -0.390 e. The molecule has 2 aromatic rings. The Morgan fingerprint density at radius 1 is 1.31 bits per heavy atom. The number of benzene rings is 1. The first kappa shape index (κ1) is 17.8. The summed E-state index contributed by atoms with van der Waals surface area (Å²) in [4.78, 5) is 28.3. The van der Waals surface area contributed by atoms with E-state index in [4.69, 9.17) is 5.48 Å². The molecule has 172 valence electrons. The molecule has 8 nitrogen and oxygen atoms in total. The molecule has 2 N–H and O–H groups in total. The van der Waals surface area contributed by atoms with Crippen LogP contribution >= 0.6 is 0 Å². The minimum absolute atomic E-state index is 0.112. The minimum atomic E-state index is -1.96. The Kier molecular flexibility index (Phi) is 5.47. The van der Waals surface area contributed by atoms with Gasteiger partial charge in [0.05, 0.1) is 17.8 Å². The van der Waals surface area contributed by atoms with Crippen LogP contribution in [0.25, 0.3) is 0 Å². The van der Waals surface area contributed by atoms with Crippen LogP contribution in [-0.2, 0) is 12.9 Å². The molecule has 0 radical (unpaired) electrons. The maximum atomic E-state index is 12.8. The van der Waals surface area contributed by atoms with Gasteiger partial charge in [-0.05, 0) is 50.3 Å². The fourth-order valence-electron chi connectivity index (χ4n) is 4.26. The highest BCUT2D eigenvalue weighted by Gasteiger charge is 2.27. The van der Waals surface area contributed by atoms with Gasteiger partial charge in [0.2, 0.25) is 0 Å². The highest BCUT2D eigenvalue weighted by atomic mass is 16.3. The lowest BCUT2D eigenvalue weighted by molar-refractivity contribution is 0.101. The predicted molar refractivity (Wildman–Crippen MR) is 123 cm³/mol. The topological polar surface area (TPSA) is 90.7 Å². The molecule has 0 spiro atoms. The number of likely N-dealkylation sites (tertiary alicyclic amines) is 1. The molecule has 0 aliphatic carbocycles. The van der Waals surface area contributed by atoms with Gasteiger partial charge in [-0.15, -0.1) is 0 Å². The Balaban J connectivity index is 1.36. The largest absolute Gasteiger partial charge is 0.390 e. The van der Waals surface area contributed by atoms with Gasteiger partial charge in [0.1, 0.15) is 0 Å². The van der Waals surface area contributed by atoms with E-state index in [1.54, 1.807) is 42.2 Å². The molecule has 0 unspecified atom stereocenters. The van der Waals surface area contributed by atoms with Gasteiger partial charge in [0.25, 0.3) is 5.56 Å². The van der Waals surface area contributed by atoms with Crippen molar-refractivity contribution in [1.29, 1.82) is 0 Å². The second-order valence-electron chi connectivity index (χ2n) is 8.52. The zero-order chi connectivity index (χ0) is 26.3. The standard InChI is InChI=1S/C24H33N5O3/c1-17-12-18(2)26-29(23(17)31)21-8-5-10-28(15-21)24(32)25-13-22(30)16-27-11-9-19-6-3-4-7-20(19)14-27/h3-4,6-7,12,21-22,30H,5,8-11,13-16H2,1-2H3,(H,25,32)/t21-,22+/m1/s1/i9D2,14D2. The summed E-state index contributed by atoms with van der Waals surface area (Å²) >= 11 is 0. The zero-order valence-electron chi connectivity index (χ0n) is 22.5. The SMILES string of the molecule is [2H]C1([2H])CN(C[C@@H](O)CNC(=O)N2CCC[C@@H](n3nc(C)cc(C)c3=O)C2)C([2H])([2H])c2ccccc21. The molecule has 8 heteroatoms. The van der Waals surface area contributed by atoms with Gasteiger partial charge in [-0.2, -0.15) is 5.10 Å². The van der Waals surface area contributed by atoms with Crippen LogP contribution in [0.15, 0.2) is 35.1 Å². The normalized spacial score (nSPS) is 25.0. The molecule has 2 aliphatic heterocycles. The van der Waals surface area contributed by atoms with Crippen molar-refractivity contribution in [2.45, 2.75) is 51.7 Å². The fourth-order valence-corrected chi connectivity index (χ4v) is 4.26. The number of aromatic nitrogens is 2. The van der Waals surface area contributed by atoms with E-state index in [1.165, 1.54) is 9.58 Å². The summed E-state index contributed by atoms with van der Waals surface area (Å²) in [5, 5.41) is 17.7. The third-order valence-electron chi connectivity index (χ3n) is 5.85. The molecular weight excluding hydrogens is 406 g/mol. The third-order valence-corrected chi connectivity index (χ3v) is 5.85. The van der Waals surface area contributed by atoms with Crippen LogP contribution in [0.1, 0.15) is 46.8 Å². The maximum Gasteiger partial charge on any atom is 0.317 e. The van der Waals surface area contributed by atoms with Gasteiger partial charge >= 0.3 is 6.03 Å². The van der Waals surface area contributed by atoms with Gasteiger partial charge in [0, 0.05) is 50.3 Å². The van der Waals surface area contributed by atoms with Crippen LogP contribution in [0.3, 0.4) is 0 Å². The second-order valence-corrected chi connectivity index (χ2v) is 8.52. The molecule has 1 aromatic carbocycles. The molecule has 2 atom stereocenters. The number of aliphatic hydroxyl groups excluding tert-OH is 1. The summed E-state index contributed by atoms with van der Waals surface area (Å²) in [6.45, 7) is 1.98. The molecule has 32 heavy (non-hydrogen) atoms. The number of hydrogen-bond acceptors (Lipinski definition) is 5. The van der Waals surface area contributed by atoms with Crippen molar-refractivity contribution in [3.8, 4) is 0 Å². The van der Waals surface area contributed by atoms with E-state index < -0.39 is 19.0 Å². The number of hydrogen-bond donors (Lipinski definition) is 2. The van der Waals surface area contributed by atoms with Crippen LogP contribution in [0, 0.1) is 13.8 Å². The number of aryl methyl sites for hydroxylation is 2. The third kappa shape index (κ3) is 5.19. The predicted octanol–water partition coefficient (Wildman–Crippen LogP) is 1.63. The van der Waals surface area contributed by atoms with Crippen LogP contribution in [0.4, 0.5) is 4.79 Å². The summed E-state index contributed by atoms with van der Waals surface area (Å²) in [5.74, 6) is 0. The van der Waals surface area contributed by atoms with Crippen molar-refractivity contribution in [2.75, 3.05) is 32.7 Å². The smallest absolute Gasteiger partial charge is 0.317 e. The van der Waals surface area contributed by atoms with E-state index in [0.717, 1.165) is 12.1 Å². The number of aliphatic hydroxyl groups is 1. The first-order valence-electron chi connectivity index (χ1n) is 13.0. The van der Waals surface area contributed by atoms with Crippen molar-refractivity contribution in [2.24, 2.45) is 0 Å². The summed E-state index contributed by atoms with van der Waals surface area (Å²) in [5.41, 5.74) is 1.73. The Labute approximate surface area is 194 Å². The summed E-state index contributed by atoms with van der Waals surface area (Å²) in [7, 11) is 0. The van der Waals surface area contributed by atoms with E-state index in [0.29, 0.717) is 30.6 Å². The van der Waals surface area contributed by atoms with Gasteiger partial charge in [-0.25, -0.2) is 9.48 Å². The molecule has 3 heterocycles. The molecule has 1 fully saturated rings. The maximum absolute atomic E-state index is 12.8. The Hall–Kier alpha value is -2.71. The Bertz CT molecular complexity index is 1190. The number of carbonyl (C=O) groups excluding carboxylic acids is 1. The van der Waals surface area contributed by atoms with Crippen LogP contribution in [0.2, 0.25) is 0 Å². The molecular formula is C24H33N5O3. The average Bonchev–Trinajstić information content (AvgIpc) is 2.83. The monoisotopic (exact) mass is 443 g/mol. The molecule has 1 aromatic heterocycles. The van der Waals surface area contributed by atoms with Crippen molar-refractivity contribution < 1.29 is 15.4 Å². The summed E-state index contributed by atoms with van der Waals surface area (Å²) < 4.78 is 35.3. The van der Waals surface area contributed by atoms with Crippen molar-refractivity contribution in [3.63, 3.8) is 0 Å². The number of rotatable bonds is 5. The van der Waals surface area contributed by atoms with E-state index in [2.05, 4.69) is 10.4 Å². The van der Waals surface area contributed by atoms with E-state index >= 15 is 0 Å². The van der Waals surface area contributed by atoms with Gasteiger partial charge < -0.3 is 15.3 Å². The lowest BCUT2D eigenvalue weighted by Gasteiger charge is -2.34. The second kappa shape index (κ2) is 9.83. The molecule has 2 amide bonds. The molecule has 1 saturated heterocycles. The summed E-state index contributed by atoms with van der Waals surface area (Å²) in [6.07, 6.45) is -1.43. The van der Waals surface area contributed by atoms with E-state index in [1.807, 2.05) is 6.92 Å². The van der Waals surface area contributed by atoms with Crippen LogP contribution < -0.4 is 10.9 Å². The lowest BCUT2D eigenvalue weighted by atomic mass is 10.00. The van der Waals surface area contributed by atoms with E-state index in [9.17, 15) is 14.7 Å². The number of nitrogens with zero attached hydrogens (tertiary/aromatic N) is 4. The number of fused-ring (bicyclic) bond motifs is 1. The van der Waals surface area contributed by atoms with E-state index in [-0.39, 0.29) is 42.8 Å². The molecule has 2 aliphatic rings. The van der Waals surface area contributed by atoms with Gasteiger partial charge in [-0.1, -0.05) is 24.3 Å². The molecule has 4 rings (SSSR count). The first-order chi connectivity index (χ1) is 16.9. The highest BCUT2D eigenvalue weighted by molar-refractivity contribution is 5.74. The quantitative estimate of drug-likeness (QED) is 0.733. The van der Waals surface area contributed by atoms with Crippen molar-refractivity contribution >= 4 is 6.03 Å². The fraction of sp³-hybridized carbons (Fsp3) is 0.542. The van der Waals surface area contributed by atoms with Crippen molar-refractivity contribution in [3.05, 3.63) is 63.1 Å².